The third-order valence-corrected chi connectivity index (χ3v) is 4.26. The van der Waals surface area contributed by atoms with Gasteiger partial charge in [0.1, 0.15) is 0 Å². The minimum absolute atomic E-state index is 0.361. The second-order valence-corrected chi connectivity index (χ2v) is 6.34. The molecule has 0 heterocycles. The van der Waals surface area contributed by atoms with Crippen molar-refractivity contribution in [2.45, 2.75) is 54.4 Å². The molecule has 0 bridgehead atoms. The van der Waals surface area contributed by atoms with E-state index in [-0.39, 0.29) is 0 Å². The van der Waals surface area contributed by atoms with E-state index >= 15 is 0 Å². The molecule has 1 unspecified atom stereocenters. The molecule has 0 fully saturated rings. The summed E-state index contributed by atoms with van der Waals surface area (Å²) in [6.07, 6.45) is 12.7. The lowest BCUT2D eigenvalue weighted by Gasteiger charge is -2.10. The highest BCUT2D eigenvalue weighted by atomic mass is 14.9. The molecule has 0 aliphatic rings. The van der Waals surface area contributed by atoms with Crippen LogP contribution in [0.25, 0.3) is 0 Å². The first kappa shape index (κ1) is 28.7. The van der Waals surface area contributed by atoms with Gasteiger partial charge in [0.15, 0.2) is 0 Å². The molecule has 0 radical (unpaired) electrons. The normalized spacial score (nSPS) is 11.9. The minimum Gasteiger partial charge on any atom is -0.385 e. The van der Waals surface area contributed by atoms with E-state index in [1.54, 1.807) is 0 Å². The molecule has 0 aliphatic carbocycles. The Bertz CT molecular complexity index is 673. The SMILES string of the molecule is C=C.C=C(/C=C\C(=C)C(C)/C=C\CC)/C(C)=C/Cc1ccccc1NCC.CC. The summed E-state index contributed by atoms with van der Waals surface area (Å²) in [6.45, 7) is 27.8. The lowest BCUT2D eigenvalue weighted by atomic mass is 9.99. The molecule has 1 rings (SSSR count). The van der Waals surface area contributed by atoms with Crippen molar-refractivity contribution in [3.05, 3.63) is 103 Å². The Balaban J connectivity index is 0. The molecule has 29 heavy (non-hydrogen) atoms. The van der Waals surface area contributed by atoms with Crippen molar-refractivity contribution in [1.82, 2.24) is 0 Å². The van der Waals surface area contributed by atoms with Crippen molar-refractivity contribution in [3.63, 3.8) is 0 Å². The van der Waals surface area contributed by atoms with Crippen molar-refractivity contribution < 1.29 is 0 Å². The Labute approximate surface area is 181 Å². The molecule has 160 valence electrons. The predicted molar refractivity (Wildman–Crippen MR) is 137 cm³/mol. The molecular formula is C28H43N. The van der Waals surface area contributed by atoms with Gasteiger partial charge in [-0.3, -0.25) is 0 Å². The van der Waals surface area contributed by atoms with Crippen LogP contribution in [-0.4, -0.2) is 6.54 Å². The summed E-state index contributed by atoms with van der Waals surface area (Å²) in [7, 11) is 0. The highest BCUT2D eigenvalue weighted by molar-refractivity contribution is 5.52. The summed E-state index contributed by atoms with van der Waals surface area (Å²) in [5, 5.41) is 3.41. The van der Waals surface area contributed by atoms with Crippen LogP contribution in [0.3, 0.4) is 0 Å². The van der Waals surface area contributed by atoms with E-state index in [1.165, 1.54) is 16.8 Å². The largest absolute Gasteiger partial charge is 0.385 e. The summed E-state index contributed by atoms with van der Waals surface area (Å²) in [4.78, 5) is 0. The van der Waals surface area contributed by atoms with Crippen molar-refractivity contribution in [2.75, 3.05) is 11.9 Å². The number of hydrogen-bond donors (Lipinski definition) is 1. The van der Waals surface area contributed by atoms with Crippen LogP contribution in [0.1, 0.15) is 53.5 Å². The minimum atomic E-state index is 0.361. The standard InChI is InChI=1S/C24H33N.C2H6.C2H4/c1-7-9-12-19(3)20(4)15-16-21(5)22(6)17-18-23-13-10-11-14-24(23)25-8-2;2*1-2/h9-17,19,25H,4-5,7-8,18H2,1-3,6H3;1-2H3;1-2H2/b12-9-,16-15-,22-17+;;. The van der Waals surface area contributed by atoms with Gasteiger partial charge < -0.3 is 5.32 Å². The first-order chi connectivity index (χ1) is 14.0. The predicted octanol–water partition coefficient (Wildman–Crippen LogP) is 8.71. The van der Waals surface area contributed by atoms with Gasteiger partial charge in [-0.15, -0.1) is 13.2 Å². The third-order valence-electron chi connectivity index (χ3n) is 4.26. The average Bonchev–Trinajstić information content (AvgIpc) is 2.77. The van der Waals surface area contributed by atoms with Gasteiger partial charge >= 0.3 is 0 Å². The van der Waals surface area contributed by atoms with E-state index < -0.39 is 0 Å². The van der Waals surface area contributed by atoms with Crippen molar-refractivity contribution >= 4 is 5.69 Å². The topological polar surface area (TPSA) is 12.0 Å². The first-order valence-corrected chi connectivity index (χ1v) is 10.7. The van der Waals surface area contributed by atoms with Crippen LogP contribution < -0.4 is 5.32 Å². The Morgan fingerprint density at radius 2 is 1.69 bits per heavy atom. The molecular weight excluding hydrogens is 350 g/mol. The molecule has 1 aromatic carbocycles. The van der Waals surface area contributed by atoms with Crippen molar-refractivity contribution in [1.29, 1.82) is 0 Å². The van der Waals surface area contributed by atoms with Crippen LogP contribution in [0.2, 0.25) is 0 Å². The summed E-state index contributed by atoms with van der Waals surface area (Å²) in [5.74, 6) is 0.361. The van der Waals surface area contributed by atoms with Crippen molar-refractivity contribution in [2.24, 2.45) is 5.92 Å². The fourth-order valence-electron chi connectivity index (χ4n) is 2.41. The zero-order valence-corrected chi connectivity index (χ0v) is 19.7. The maximum atomic E-state index is 4.19. The molecule has 0 spiro atoms. The number of rotatable bonds is 10. The fraction of sp³-hybridized carbons (Fsp3) is 0.357. The molecule has 1 N–H and O–H groups in total. The maximum absolute atomic E-state index is 4.19. The quantitative estimate of drug-likeness (QED) is 0.309. The van der Waals surface area contributed by atoms with Gasteiger partial charge in [-0.2, -0.15) is 0 Å². The Hall–Kier alpha value is -2.54. The highest BCUT2D eigenvalue weighted by Crippen LogP contribution is 2.19. The number of anilines is 1. The first-order valence-electron chi connectivity index (χ1n) is 10.7. The van der Waals surface area contributed by atoms with Crippen LogP contribution >= 0.6 is 0 Å². The summed E-state index contributed by atoms with van der Waals surface area (Å²) >= 11 is 0. The van der Waals surface area contributed by atoms with Crippen LogP contribution in [0.5, 0.6) is 0 Å². The maximum Gasteiger partial charge on any atom is 0.0375 e. The van der Waals surface area contributed by atoms with E-state index in [9.17, 15) is 0 Å². The molecule has 1 nitrogen and oxygen atoms in total. The lowest BCUT2D eigenvalue weighted by Crippen LogP contribution is -2.00. The summed E-state index contributed by atoms with van der Waals surface area (Å²) in [5.41, 5.74) is 5.86. The van der Waals surface area contributed by atoms with Gasteiger partial charge in [0.05, 0.1) is 0 Å². The number of allylic oxidation sites excluding steroid dienone is 8. The van der Waals surface area contributed by atoms with Gasteiger partial charge in [0.25, 0.3) is 0 Å². The van der Waals surface area contributed by atoms with Gasteiger partial charge in [-0.1, -0.05) is 89.4 Å². The second kappa shape index (κ2) is 18.8. The lowest BCUT2D eigenvalue weighted by molar-refractivity contribution is 0.888. The fourth-order valence-corrected chi connectivity index (χ4v) is 2.41. The third kappa shape index (κ3) is 12.5. The van der Waals surface area contributed by atoms with E-state index in [1.807, 2.05) is 13.8 Å². The van der Waals surface area contributed by atoms with E-state index in [0.717, 1.165) is 30.5 Å². The molecule has 0 aromatic heterocycles. The van der Waals surface area contributed by atoms with Crippen LogP contribution in [-0.2, 0) is 6.42 Å². The van der Waals surface area contributed by atoms with Gasteiger partial charge in [0.2, 0.25) is 0 Å². The van der Waals surface area contributed by atoms with Gasteiger partial charge in [-0.25, -0.2) is 0 Å². The molecule has 0 aliphatic heterocycles. The van der Waals surface area contributed by atoms with E-state index in [0.29, 0.717) is 5.92 Å². The molecule has 0 saturated heterocycles. The number of hydrogen-bond acceptors (Lipinski definition) is 1. The zero-order chi connectivity index (χ0) is 22.7. The molecule has 1 atom stereocenters. The number of nitrogens with one attached hydrogen (secondary N) is 1. The molecule has 1 heteroatoms. The van der Waals surface area contributed by atoms with Gasteiger partial charge in [-0.05, 0) is 61.0 Å². The monoisotopic (exact) mass is 393 g/mol. The average molecular weight is 394 g/mol. The molecule has 0 amide bonds. The van der Waals surface area contributed by atoms with Crippen LogP contribution in [0.15, 0.2) is 97.7 Å². The van der Waals surface area contributed by atoms with Crippen LogP contribution in [0.4, 0.5) is 5.69 Å². The number of para-hydroxylation sites is 1. The molecule has 0 saturated carbocycles. The second-order valence-electron chi connectivity index (χ2n) is 6.34. The van der Waals surface area contributed by atoms with Gasteiger partial charge in [0, 0.05) is 12.2 Å². The summed E-state index contributed by atoms with van der Waals surface area (Å²) < 4.78 is 0. The summed E-state index contributed by atoms with van der Waals surface area (Å²) in [6, 6.07) is 8.46. The van der Waals surface area contributed by atoms with E-state index in [4.69, 9.17) is 0 Å². The van der Waals surface area contributed by atoms with Crippen LogP contribution in [0, 0.1) is 5.92 Å². The Kier molecular flexibility index (Phi) is 18.6. The van der Waals surface area contributed by atoms with Crippen molar-refractivity contribution in [3.8, 4) is 0 Å². The Morgan fingerprint density at radius 1 is 1.07 bits per heavy atom. The molecule has 1 aromatic rings. The zero-order valence-electron chi connectivity index (χ0n) is 19.7. The Morgan fingerprint density at radius 3 is 2.28 bits per heavy atom. The highest BCUT2D eigenvalue weighted by Gasteiger charge is 2.01. The van der Waals surface area contributed by atoms with E-state index in [2.05, 4.69) is 114 Å². The smallest absolute Gasteiger partial charge is 0.0375 e. The number of benzene rings is 1.